The molecule has 2 aliphatic rings. The van der Waals surface area contributed by atoms with Gasteiger partial charge in [-0.3, -0.25) is 14.2 Å². The average Bonchev–Trinajstić information content (AvgIpc) is 3.61. The Hall–Kier alpha value is -3.65. The molecule has 3 N–H and O–H groups in total. The Morgan fingerprint density at radius 3 is 2.21 bits per heavy atom. The second kappa shape index (κ2) is 9.27. The van der Waals surface area contributed by atoms with Crippen LogP contribution in [0.25, 0.3) is 16.7 Å². The lowest BCUT2D eigenvalue weighted by molar-refractivity contribution is -0.158. The van der Waals surface area contributed by atoms with Crippen molar-refractivity contribution in [3.8, 4) is 5.69 Å². The molecule has 0 spiro atoms. The molecule has 3 atom stereocenters. The van der Waals surface area contributed by atoms with Gasteiger partial charge in [-0.25, -0.2) is 18.2 Å². The van der Waals surface area contributed by atoms with Gasteiger partial charge in [-0.15, -0.1) is 0 Å². The summed E-state index contributed by atoms with van der Waals surface area (Å²) in [6, 6.07) is 1.18. The first kappa shape index (κ1) is 26.0. The van der Waals surface area contributed by atoms with Crippen molar-refractivity contribution in [2.45, 2.75) is 37.3 Å². The second-order valence-electron chi connectivity index (χ2n) is 9.35. The van der Waals surface area contributed by atoms with E-state index in [1.54, 1.807) is 5.32 Å². The summed E-state index contributed by atoms with van der Waals surface area (Å²) in [6.07, 6.45) is -6.20. The number of alkyl halides is 3. The van der Waals surface area contributed by atoms with E-state index in [9.17, 15) is 41.8 Å². The number of halogens is 6. The van der Waals surface area contributed by atoms with Gasteiger partial charge >= 0.3 is 6.18 Å². The van der Waals surface area contributed by atoms with Crippen molar-refractivity contribution < 1.29 is 41.4 Å². The highest BCUT2D eigenvalue weighted by Crippen LogP contribution is 2.40. The van der Waals surface area contributed by atoms with Crippen molar-refractivity contribution in [2.75, 3.05) is 18.0 Å². The van der Waals surface area contributed by atoms with Gasteiger partial charge in [0.15, 0.2) is 17.3 Å². The monoisotopic (exact) mass is 542 g/mol. The number of para-hydroxylation sites is 1. The maximum atomic E-state index is 15.1. The van der Waals surface area contributed by atoms with E-state index in [0.29, 0.717) is 16.8 Å². The summed E-state index contributed by atoms with van der Waals surface area (Å²) in [5.41, 5.74) is -3.43. The van der Waals surface area contributed by atoms with E-state index in [2.05, 4.69) is 4.98 Å². The predicted octanol–water partition coefficient (Wildman–Crippen LogP) is 2.42. The van der Waals surface area contributed by atoms with Gasteiger partial charge in [0, 0.05) is 19.3 Å². The number of rotatable bonds is 5. The molecular weight excluding hydrogens is 522 g/mol. The molecule has 14 heteroatoms. The maximum absolute atomic E-state index is 15.1. The molecule has 1 aromatic carbocycles. The number of aliphatic hydroxyl groups is 2. The Balaban J connectivity index is 1.71. The van der Waals surface area contributed by atoms with E-state index in [1.807, 2.05) is 0 Å². The maximum Gasteiger partial charge on any atom is 0.408 e. The zero-order valence-electron chi connectivity index (χ0n) is 19.3. The Kier molecular flexibility index (Phi) is 6.34. The molecule has 2 fully saturated rings. The molecule has 1 unspecified atom stereocenters. The quantitative estimate of drug-likeness (QED) is 0.428. The van der Waals surface area contributed by atoms with Gasteiger partial charge in [0.1, 0.15) is 28.9 Å². The van der Waals surface area contributed by atoms with Crippen molar-refractivity contribution in [1.29, 1.82) is 0 Å². The van der Waals surface area contributed by atoms with Gasteiger partial charge < -0.3 is 20.4 Å². The summed E-state index contributed by atoms with van der Waals surface area (Å²) in [5, 5.41) is 20.8. The van der Waals surface area contributed by atoms with Crippen LogP contribution in [-0.2, 0) is 0 Å². The van der Waals surface area contributed by atoms with Gasteiger partial charge in [0.2, 0.25) is 5.43 Å². The zero-order chi connectivity index (χ0) is 27.5. The summed E-state index contributed by atoms with van der Waals surface area (Å²) in [4.78, 5) is 31.3. The summed E-state index contributed by atoms with van der Waals surface area (Å²) in [6.45, 7) is -0.481. The molecule has 3 heterocycles. The Labute approximate surface area is 210 Å². The Morgan fingerprint density at radius 2 is 1.66 bits per heavy atom. The van der Waals surface area contributed by atoms with Gasteiger partial charge in [-0.2, -0.15) is 13.2 Å². The number of fused-ring (bicyclic) bond motifs is 1. The SMILES string of the molecule is O=C(NC(C1CC1)C(F)(F)F)c1cn(-c2c(F)cccc2F)c2nc(N3C[C@@H](O)[C@H](O)C3)c(F)cc2c1=O. The number of hydrogen-bond acceptors (Lipinski definition) is 6. The average molecular weight is 542 g/mol. The zero-order valence-corrected chi connectivity index (χ0v) is 19.3. The van der Waals surface area contributed by atoms with Crippen molar-refractivity contribution in [2.24, 2.45) is 5.92 Å². The molecule has 1 saturated carbocycles. The number of carbonyl (C=O) groups is 1. The molecule has 2 aromatic heterocycles. The number of aliphatic hydroxyl groups excluding tert-OH is 2. The van der Waals surface area contributed by atoms with E-state index >= 15 is 4.39 Å². The molecule has 5 rings (SSSR count). The summed E-state index contributed by atoms with van der Waals surface area (Å²) in [5.74, 6) is -6.23. The molecule has 0 bridgehead atoms. The number of nitrogens with zero attached hydrogens (tertiary/aromatic N) is 3. The number of benzene rings is 1. The highest BCUT2D eigenvalue weighted by atomic mass is 19.4. The van der Waals surface area contributed by atoms with Gasteiger partial charge in [-0.05, 0) is 37.0 Å². The fourth-order valence-electron chi connectivity index (χ4n) is 4.55. The van der Waals surface area contributed by atoms with Crippen LogP contribution in [0.15, 0.2) is 35.3 Å². The van der Waals surface area contributed by atoms with Crippen molar-refractivity contribution >= 4 is 22.8 Å². The third kappa shape index (κ3) is 4.58. The minimum absolute atomic E-state index is 0.213. The molecule has 1 saturated heterocycles. The Bertz CT molecular complexity index is 1460. The van der Waals surface area contributed by atoms with Crippen LogP contribution in [0.1, 0.15) is 23.2 Å². The van der Waals surface area contributed by atoms with Crippen LogP contribution in [0.5, 0.6) is 0 Å². The minimum atomic E-state index is -4.81. The van der Waals surface area contributed by atoms with E-state index < -0.39 is 87.2 Å². The number of β-amino-alcohol motifs (C(OH)–C–C–N with tert-alkyl or cyclic N) is 2. The first-order valence-electron chi connectivity index (χ1n) is 11.6. The molecular formula is C24H20F6N4O4. The molecule has 0 radical (unpaired) electrons. The van der Waals surface area contributed by atoms with Crippen LogP contribution in [0.2, 0.25) is 0 Å². The topological polar surface area (TPSA) is 108 Å². The van der Waals surface area contributed by atoms with Crippen LogP contribution in [0, 0.1) is 23.4 Å². The van der Waals surface area contributed by atoms with Crippen LogP contribution in [0.4, 0.5) is 32.2 Å². The molecule has 3 aromatic rings. The Morgan fingerprint density at radius 1 is 1.05 bits per heavy atom. The third-order valence-electron chi connectivity index (χ3n) is 6.63. The fraction of sp³-hybridized carbons (Fsp3) is 0.375. The molecule has 1 aliphatic carbocycles. The van der Waals surface area contributed by atoms with Crippen LogP contribution in [0.3, 0.4) is 0 Å². The smallest absolute Gasteiger partial charge is 0.389 e. The molecule has 1 amide bonds. The number of nitrogens with one attached hydrogen (secondary N) is 1. The number of carbonyl (C=O) groups excluding carboxylic acids is 1. The number of hydrogen-bond donors (Lipinski definition) is 3. The number of amides is 1. The fourth-order valence-corrected chi connectivity index (χ4v) is 4.55. The van der Waals surface area contributed by atoms with E-state index in [1.165, 1.54) is 0 Å². The van der Waals surface area contributed by atoms with E-state index in [4.69, 9.17) is 0 Å². The van der Waals surface area contributed by atoms with Gasteiger partial charge in [0.05, 0.1) is 17.6 Å². The van der Waals surface area contributed by atoms with Gasteiger partial charge in [0.25, 0.3) is 5.91 Å². The summed E-state index contributed by atoms with van der Waals surface area (Å²) in [7, 11) is 0. The minimum Gasteiger partial charge on any atom is -0.389 e. The van der Waals surface area contributed by atoms with Crippen molar-refractivity contribution in [3.05, 3.63) is 63.7 Å². The lowest BCUT2D eigenvalue weighted by atomic mass is 10.1. The number of pyridine rings is 2. The standard InChI is InChI=1S/C24H20F6N4O4/c25-13-2-1-3-14(26)18(13)34-7-12(23(38)31-20(10-4-5-10)24(28,29)30)19(37)11-6-15(27)22(32-21(11)34)33-8-16(35)17(36)9-33/h1-3,6-7,10,16-17,20,35-36H,4-5,8-9H2,(H,31,38)/t16-,17-,20?/m1/s1. The molecule has 38 heavy (non-hydrogen) atoms. The molecule has 8 nitrogen and oxygen atoms in total. The van der Waals surface area contributed by atoms with Gasteiger partial charge in [-0.1, -0.05) is 6.07 Å². The first-order valence-corrected chi connectivity index (χ1v) is 11.6. The predicted molar refractivity (Wildman–Crippen MR) is 121 cm³/mol. The first-order chi connectivity index (χ1) is 17.9. The lowest BCUT2D eigenvalue weighted by Gasteiger charge is -2.22. The number of aromatic nitrogens is 2. The van der Waals surface area contributed by atoms with E-state index in [-0.39, 0.29) is 25.9 Å². The normalized spacial score (nSPS) is 20.7. The van der Waals surface area contributed by atoms with Crippen LogP contribution in [-0.4, -0.2) is 63.2 Å². The summed E-state index contributed by atoms with van der Waals surface area (Å²) < 4.78 is 85.8. The van der Waals surface area contributed by atoms with E-state index in [0.717, 1.165) is 23.1 Å². The molecule has 202 valence electrons. The van der Waals surface area contributed by atoms with Crippen molar-refractivity contribution in [1.82, 2.24) is 14.9 Å². The lowest BCUT2D eigenvalue weighted by Crippen LogP contribution is -2.48. The van der Waals surface area contributed by atoms with Crippen LogP contribution < -0.4 is 15.6 Å². The largest absolute Gasteiger partial charge is 0.408 e. The van der Waals surface area contributed by atoms with Crippen LogP contribution >= 0.6 is 0 Å². The summed E-state index contributed by atoms with van der Waals surface area (Å²) >= 11 is 0. The highest BCUT2D eigenvalue weighted by Gasteiger charge is 2.50. The third-order valence-corrected chi connectivity index (χ3v) is 6.63. The van der Waals surface area contributed by atoms with Crippen molar-refractivity contribution in [3.63, 3.8) is 0 Å². The number of anilines is 1. The highest BCUT2D eigenvalue weighted by molar-refractivity contribution is 5.97. The second-order valence-corrected chi connectivity index (χ2v) is 9.35. The molecule has 1 aliphatic heterocycles.